The molecule has 0 saturated heterocycles. The fourth-order valence-electron chi connectivity index (χ4n) is 3.77. The van der Waals surface area contributed by atoms with E-state index in [1.807, 2.05) is 79.7 Å². The highest BCUT2D eigenvalue weighted by Gasteiger charge is 2.16. The molecular weight excluding hydrogens is 408 g/mol. The molecule has 1 aromatic heterocycles. The van der Waals surface area contributed by atoms with Crippen LogP contribution in [0.1, 0.15) is 44.5 Å². The van der Waals surface area contributed by atoms with Crippen LogP contribution in [0.2, 0.25) is 5.02 Å². The van der Waals surface area contributed by atoms with Gasteiger partial charge in [-0.15, -0.1) is 0 Å². The van der Waals surface area contributed by atoms with Crippen LogP contribution in [-0.2, 0) is 12.8 Å². The van der Waals surface area contributed by atoms with E-state index in [0.717, 1.165) is 28.5 Å². The summed E-state index contributed by atoms with van der Waals surface area (Å²) < 4.78 is 0. The van der Waals surface area contributed by atoms with Crippen molar-refractivity contribution in [2.24, 2.45) is 0 Å². The zero-order chi connectivity index (χ0) is 21.8. The topological polar surface area (TPSA) is 62.0 Å². The maximum absolute atomic E-state index is 12.7. The van der Waals surface area contributed by atoms with Crippen molar-refractivity contribution in [2.75, 3.05) is 6.54 Å². The van der Waals surface area contributed by atoms with Gasteiger partial charge in [0.05, 0.1) is 0 Å². The van der Waals surface area contributed by atoms with E-state index < -0.39 is 0 Å². The van der Waals surface area contributed by atoms with E-state index in [2.05, 4.69) is 10.3 Å². The predicted molar refractivity (Wildman–Crippen MR) is 125 cm³/mol. The van der Waals surface area contributed by atoms with Crippen molar-refractivity contribution in [3.05, 3.63) is 106 Å². The van der Waals surface area contributed by atoms with Crippen LogP contribution in [0.5, 0.6) is 0 Å². The summed E-state index contributed by atoms with van der Waals surface area (Å²) in [7, 11) is 0. The number of rotatable bonds is 7. The SMILES string of the molecule is CCc1c(C(=O)NCCc2ccc(C(=O)c3ccccc3)cc2)[nH]c2ccc(Cl)cc12. The Morgan fingerprint density at radius 1 is 0.935 bits per heavy atom. The highest BCUT2D eigenvalue weighted by atomic mass is 35.5. The Bertz CT molecular complexity index is 1230. The molecular formula is C26H23ClN2O2. The van der Waals surface area contributed by atoms with Crippen molar-refractivity contribution in [1.29, 1.82) is 0 Å². The lowest BCUT2D eigenvalue weighted by molar-refractivity contribution is 0.0948. The third-order valence-electron chi connectivity index (χ3n) is 5.40. The average Bonchev–Trinajstić information content (AvgIpc) is 3.17. The summed E-state index contributed by atoms with van der Waals surface area (Å²) in [4.78, 5) is 28.5. The smallest absolute Gasteiger partial charge is 0.268 e. The van der Waals surface area contributed by atoms with E-state index in [1.54, 1.807) is 0 Å². The fourth-order valence-corrected chi connectivity index (χ4v) is 3.94. The molecule has 0 fully saturated rings. The predicted octanol–water partition coefficient (Wildman–Crippen LogP) is 5.59. The van der Waals surface area contributed by atoms with Gasteiger partial charge in [0.15, 0.2) is 5.78 Å². The number of benzene rings is 3. The van der Waals surface area contributed by atoms with Crippen LogP contribution in [-0.4, -0.2) is 23.2 Å². The van der Waals surface area contributed by atoms with Crippen LogP contribution >= 0.6 is 11.6 Å². The van der Waals surface area contributed by atoms with Crippen LogP contribution < -0.4 is 5.32 Å². The Morgan fingerprint density at radius 3 is 2.35 bits per heavy atom. The van der Waals surface area contributed by atoms with Crippen LogP contribution in [0.15, 0.2) is 72.8 Å². The summed E-state index contributed by atoms with van der Waals surface area (Å²) >= 11 is 6.12. The second-order valence-corrected chi connectivity index (χ2v) is 7.86. The second kappa shape index (κ2) is 9.19. The molecule has 1 heterocycles. The molecule has 1 amide bonds. The quantitative estimate of drug-likeness (QED) is 0.375. The average molecular weight is 431 g/mol. The van der Waals surface area contributed by atoms with Crippen LogP contribution in [0.3, 0.4) is 0 Å². The number of ketones is 1. The molecule has 4 aromatic rings. The summed E-state index contributed by atoms with van der Waals surface area (Å²) in [6, 6.07) is 22.4. The minimum Gasteiger partial charge on any atom is -0.350 e. The molecule has 0 spiro atoms. The van der Waals surface area contributed by atoms with E-state index in [4.69, 9.17) is 11.6 Å². The highest BCUT2D eigenvalue weighted by molar-refractivity contribution is 6.31. The number of carbonyl (C=O) groups is 2. The molecule has 5 heteroatoms. The van der Waals surface area contributed by atoms with Crippen molar-refractivity contribution >= 4 is 34.2 Å². The number of aromatic amines is 1. The van der Waals surface area contributed by atoms with Gasteiger partial charge in [0, 0.05) is 33.6 Å². The Balaban J connectivity index is 1.39. The molecule has 0 aliphatic heterocycles. The molecule has 3 aromatic carbocycles. The van der Waals surface area contributed by atoms with Gasteiger partial charge in [-0.1, -0.05) is 73.1 Å². The Morgan fingerprint density at radius 2 is 1.65 bits per heavy atom. The van der Waals surface area contributed by atoms with Crippen molar-refractivity contribution in [1.82, 2.24) is 10.3 Å². The number of halogens is 1. The number of amides is 1. The van der Waals surface area contributed by atoms with Crippen LogP contribution in [0, 0.1) is 0 Å². The maximum atomic E-state index is 12.7. The lowest BCUT2D eigenvalue weighted by Gasteiger charge is -2.07. The maximum Gasteiger partial charge on any atom is 0.268 e. The molecule has 4 nitrogen and oxygen atoms in total. The zero-order valence-corrected chi connectivity index (χ0v) is 18.0. The monoisotopic (exact) mass is 430 g/mol. The van der Waals surface area contributed by atoms with Crippen molar-refractivity contribution in [3.63, 3.8) is 0 Å². The summed E-state index contributed by atoms with van der Waals surface area (Å²) in [6.45, 7) is 2.53. The summed E-state index contributed by atoms with van der Waals surface area (Å²) in [5, 5.41) is 4.63. The Hall–Kier alpha value is -3.37. The van der Waals surface area contributed by atoms with Crippen LogP contribution in [0.25, 0.3) is 10.9 Å². The molecule has 4 rings (SSSR count). The molecule has 31 heavy (non-hydrogen) atoms. The number of carbonyl (C=O) groups excluding carboxylic acids is 2. The van der Waals surface area contributed by atoms with Crippen molar-refractivity contribution < 1.29 is 9.59 Å². The largest absolute Gasteiger partial charge is 0.350 e. The number of fused-ring (bicyclic) bond motifs is 1. The Kier molecular flexibility index (Phi) is 6.19. The lowest BCUT2D eigenvalue weighted by atomic mass is 10.0. The molecule has 0 aliphatic rings. The van der Waals surface area contributed by atoms with Gasteiger partial charge in [0.25, 0.3) is 5.91 Å². The summed E-state index contributed by atoms with van der Waals surface area (Å²) in [5.41, 5.74) is 4.86. The molecule has 0 unspecified atom stereocenters. The first-order chi connectivity index (χ1) is 15.1. The minimum absolute atomic E-state index is 0.00598. The van der Waals surface area contributed by atoms with Crippen molar-refractivity contribution in [2.45, 2.75) is 19.8 Å². The minimum atomic E-state index is -0.125. The number of hydrogen-bond donors (Lipinski definition) is 2. The molecule has 2 N–H and O–H groups in total. The summed E-state index contributed by atoms with van der Waals surface area (Å²) in [6.07, 6.45) is 1.42. The molecule has 0 bridgehead atoms. The zero-order valence-electron chi connectivity index (χ0n) is 17.2. The van der Waals surface area contributed by atoms with Crippen LogP contribution in [0.4, 0.5) is 0 Å². The van der Waals surface area contributed by atoms with Gasteiger partial charge in [-0.25, -0.2) is 0 Å². The first-order valence-electron chi connectivity index (χ1n) is 10.3. The molecule has 0 aliphatic carbocycles. The fraction of sp³-hybridized carbons (Fsp3) is 0.154. The van der Waals surface area contributed by atoms with E-state index in [-0.39, 0.29) is 11.7 Å². The van der Waals surface area contributed by atoms with Gasteiger partial charge in [-0.3, -0.25) is 9.59 Å². The molecule has 0 saturated carbocycles. The standard InChI is InChI=1S/C26H23ClN2O2/c1-2-21-22-16-20(27)12-13-23(22)29-24(21)26(31)28-15-14-17-8-10-19(11-9-17)25(30)18-6-4-3-5-7-18/h3-13,16,29H,2,14-15H2,1H3,(H,28,31). The first kappa shape index (κ1) is 20.9. The number of H-pyrrole nitrogens is 1. The Labute approximate surface area is 186 Å². The van der Waals surface area contributed by atoms with Gasteiger partial charge in [0.1, 0.15) is 5.69 Å². The molecule has 0 atom stereocenters. The van der Waals surface area contributed by atoms with Gasteiger partial charge in [-0.05, 0) is 42.2 Å². The van der Waals surface area contributed by atoms with Gasteiger partial charge >= 0.3 is 0 Å². The second-order valence-electron chi connectivity index (χ2n) is 7.42. The van der Waals surface area contributed by atoms with E-state index in [9.17, 15) is 9.59 Å². The normalized spacial score (nSPS) is 10.9. The molecule has 0 radical (unpaired) electrons. The first-order valence-corrected chi connectivity index (χ1v) is 10.7. The van der Waals surface area contributed by atoms with Gasteiger partial charge < -0.3 is 10.3 Å². The highest BCUT2D eigenvalue weighted by Crippen LogP contribution is 2.26. The van der Waals surface area contributed by atoms with Gasteiger partial charge in [-0.2, -0.15) is 0 Å². The number of aromatic nitrogens is 1. The third-order valence-corrected chi connectivity index (χ3v) is 5.64. The molecule has 156 valence electrons. The number of nitrogens with one attached hydrogen (secondary N) is 2. The van der Waals surface area contributed by atoms with Gasteiger partial charge in [0.2, 0.25) is 0 Å². The van der Waals surface area contributed by atoms with Crippen molar-refractivity contribution in [3.8, 4) is 0 Å². The number of aryl methyl sites for hydroxylation is 1. The van der Waals surface area contributed by atoms with E-state index >= 15 is 0 Å². The summed E-state index contributed by atoms with van der Waals surface area (Å²) in [5.74, 6) is -0.119. The lowest BCUT2D eigenvalue weighted by Crippen LogP contribution is -2.26. The third kappa shape index (κ3) is 4.54. The van der Waals surface area contributed by atoms with E-state index in [1.165, 1.54) is 0 Å². The number of hydrogen-bond acceptors (Lipinski definition) is 2. The van der Waals surface area contributed by atoms with E-state index in [0.29, 0.717) is 34.8 Å².